The molecule has 0 aliphatic heterocycles. The van der Waals surface area contributed by atoms with Crippen LogP contribution in [0.1, 0.15) is 33.3 Å². The van der Waals surface area contributed by atoms with Crippen LogP contribution in [0.5, 0.6) is 0 Å². The van der Waals surface area contributed by atoms with E-state index in [9.17, 15) is 47.9 Å². The summed E-state index contributed by atoms with van der Waals surface area (Å²) >= 11 is 0. The van der Waals surface area contributed by atoms with E-state index in [1.165, 1.54) is 52.0 Å². The van der Waals surface area contributed by atoms with E-state index in [1.807, 2.05) is 0 Å². The number of amidine groups is 1. The minimum absolute atomic E-state index is 0.295. The van der Waals surface area contributed by atoms with Crippen LogP contribution in [0.4, 0.5) is 39.5 Å². The maximum absolute atomic E-state index is 14.1. The van der Waals surface area contributed by atoms with Crippen molar-refractivity contribution in [1.82, 2.24) is 4.90 Å². The van der Waals surface area contributed by atoms with Gasteiger partial charge in [-0.1, -0.05) is 30.3 Å². The second kappa shape index (κ2) is 9.10. The summed E-state index contributed by atoms with van der Waals surface area (Å²) in [6.45, 7) is 5.94. The number of hydrogen-bond donors (Lipinski definition) is 0. The van der Waals surface area contributed by atoms with E-state index in [0.717, 1.165) is 4.90 Å². The van der Waals surface area contributed by atoms with Gasteiger partial charge in [-0.25, -0.2) is 0 Å². The van der Waals surface area contributed by atoms with Gasteiger partial charge in [0.2, 0.25) is 0 Å². The van der Waals surface area contributed by atoms with E-state index >= 15 is 0 Å². The molecule has 0 heterocycles. The Hall–Kier alpha value is -1.99. The quantitative estimate of drug-likeness (QED) is 0.269. The summed E-state index contributed by atoms with van der Waals surface area (Å²) < 4.78 is 146. The topological polar surface area (TPSA) is 49.7 Å². The average molecular weight is 500 g/mol. The molecular formula is C18H21F9N2O2S. The van der Waals surface area contributed by atoms with E-state index in [0.29, 0.717) is 5.56 Å². The SMILES string of the molecule is CC(C)N(/C(Cc1ccccc1)=N\S(=O)(=O)C(F)(F)C(F)(F)C(F)(F)C(F)(F)F)C(C)C. The van der Waals surface area contributed by atoms with Crippen LogP contribution >= 0.6 is 0 Å². The van der Waals surface area contributed by atoms with Gasteiger partial charge in [0.15, 0.2) is 0 Å². The summed E-state index contributed by atoms with van der Waals surface area (Å²) in [5, 5.41) is -6.87. The Morgan fingerprint density at radius 3 is 1.66 bits per heavy atom. The number of halogens is 9. The largest absolute Gasteiger partial charge is 0.460 e. The summed E-state index contributed by atoms with van der Waals surface area (Å²) in [6.07, 6.45) is -7.65. The first-order valence-electron chi connectivity index (χ1n) is 9.06. The lowest BCUT2D eigenvalue weighted by Crippen LogP contribution is -2.63. The minimum Gasteiger partial charge on any atom is -0.354 e. The zero-order valence-corrected chi connectivity index (χ0v) is 18.1. The first kappa shape index (κ1) is 28.0. The standard InChI is InChI=1S/C18H21F9N2O2S/c1-11(2)29(12(3)4)14(10-13-8-6-5-7-9-13)28-32(30,31)18(26,27)16(21,22)15(19,20)17(23,24)25/h5-9,11-12H,10H2,1-4H3/b28-14-. The molecule has 0 fully saturated rings. The zero-order chi connectivity index (χ0) is 25.3. The molecule has 0 aliphatic rings. The van der Waals surface area contributed by atoms with Crippen molar-refractivity contribution in [2.24, 2.45) is 4.40 Å². The molecule has 1 aromatic carbocycles. The maximum atomic E-state index is 14.1. The maximum Gasteiger partial charge on any atom is 0.460 e. The second-order valence-electron chi connectivity index (χ2n) is 7.40. The number of hydrogen-bond acceptors (Lipinski definition) is 2. The number of nitrogens with zero attached hydrogens (tertiary/aromatic N) is 2. The van der Waals surface area contributed by atoms with E-state index in [2.05, 4.69) is 4.40 Å². The van der Waals surface area contributed by atoms with E-state index < -0.39 is 57.6 Å². The van der Waals surface area contributed by atoms with Crippen molar-refractivity contribution < 1.29 is 47.9 Å². The fourth-order valence-electron chi connectivity index (χ4n) is 2.86. The molecule has 184 valence electrons. The lowest BCUT2D eigenvalue weighted by atomic mass is 10.1. The summed E-state index contributed by atoms with van der Waals surface area (Å²) in [6, 6.07) is 6.13. The smallest absolute Gasteiger partial charge is 0.354 e. The van der Waals surface area contributed by atoms with Gasteiger partial charge in [-0.3, -0.25) is 0 Å². The van der Waals surface area contributed by atoms with Gasteiger partial charge in [-0.2, -0.15) is 47.9 Å². The molecule has 0 aromatic heterocycles. The molecule has 0 saturated carbocycles. The summed E-state index contributed by atoms with van der Waals surface area (Å²) in [5.41, 5.74) is 0.295. The summed E-state index contributed by atoms with van der Waals surface area (Å²) in [5.74, 6) is -15.4. The third-order valence-corrected chi connectivity index (χ3v) is 5.64. The molecule has 0 spiro atoms. The molecule has 0 atom stereocenters. The summed E-state index contributed by atoms with van der Waals surface area (Å²) in [4.78, 5) is 1.14. The minimum atomic E-state index is -7.35. The molecule has 14 heteroatoms. The van der Waals surface area contributed by atoms with Crippen molar-refractivity contribution >= 4 is 15.9 Å². The van der Waals surface area contributed by atoms with Gasteiger partial charge in [0.25, 0.3) is 0 Å². The Morgan fingerprint density at radius 2 is 1.28 bits per heavy atom. The average Bonchev–Trinajstić information content (AvgIpc) is 2.60. The van der Waals surface area contributed by atoms with Crippen LogP contribution < -0.4 is 0 Å². The first-order valence-corrected chi connectivity index (χ1v) is 10.5. The lowest BCUT2D eigenvalue weighted by Gasteiger charge is -2.35. The predicted molar refractivity (Wildman–Crippen MR) is 99.5 cm³/mol. The van der Waals surface area contributed by atoms with Crippen molar-refractivity contribution in [3.63, 3.8) is 0 Å². The van der Waals surface area contributed by atoms with Crippen LogP contribution in [0, 0.1) is 0 Å². The van der Waals surface area contributed by atoms with Gasteiger partial charge in [0.1, 0.15) is 5.84 Å². The van der Waals surface area contributed by atoms with Gasteiger partial charge in [0.05, 0.1) is 0 Å². The molecule has 0 radical (unpaired) electrons. The fourth-order valence-corrected chi connectivity index (χ4v) is 3.86. The number of alkyl halides is 9. The Labute approximate surface area is 179 Å². The molecule has 0 unspecified atom stereocenters. The van der Waals surface area contributed by atoms with Crippen LogP contribution in [-0.4, -0.2) is 54.5 Å². The lowest BCUT2D eigenvalue weighted by molar-refractivity contribution is -0.382. The molecule has 0 amide bonds. The third kappa shape index (κ3) is 5.15. The monoisotopic (exact) mass is 500 g/mol. The highest BCUT2D eigenvalue weighted by Gasteiger charge is 2.85. The first-order chi connectivity index (χ1) is 14.2. The highest BCUT2D eigenvalue weighted by molar-refractivity contribution is 7.91. The van der Waals surface area contributed by atoms with Crippen LogP contribution in [0.3, 0.4) is 0 Å². The van der Waals surface area contributed by atoms with E-state index in [4.69, 9.17) is 0 Å². The molecular weight excluding hydrogens is 479 g/mol. The van der Waals surface area contributed by atoms with Crippen LogP contribution in [0.15, 0.2) is 34.7 Å². The van der Waals surface area contributed by atoms with Crippen LogP contribution in [-0.2, 0) is 16.4 Å². The van der Waals surface area contributed by atoms with Gasteiger partial charge >= 0.3 is 33.3 Å². The van der Waals surface area contributed by atoms with Crippen molar-refractivity contribution in [2.75, 3.05) is 0 Å². The molecule has 1 rings (SSSR count). The van der Waals surface area contributed by atoms with E-state index in [1.54, 1.807) is 6.07 Å². The Balaban J connectivity index is 3.70. The molecule has 0 saturated heterocycles. The fraction of sp³-hybridized carbons (Fsp3) is 0.611. The molecule has 32 heavy (non-hydrogen) atoms. The van der Waals surface area contributed by atoms with Gasteiger partial charge < -0.3 is 4.90 Å². The van der Waals surface area contributed by atoms with Gasteiger partial charge in [-0.15, -0.1) is 4.40 Å². The van der Waals surface area contributed by atoms with Gasteiger partial charge in [0, 0.05) is 18.5 Å². The van der Waals surface area contributed by atoms with Crippen molar-refractivity contribution in [3.05, 3.63) is 35.9 Å². The normalized spacial score (nSPS) is 14.9. The Morgan fingerprint density at radius 1 is 0.844 bits per heavy atom. The van der Waals surface area contributed by atoms with E-state index in [-0.39, 0.29) is 0 Å². The third-order valence-electron chi connectivity index (χ3n) is 4.28. The van der Waals surface area contributed by atoms with Crippen molar-refractivity contribution in [2.45, 2.75) is 69.5 Å². The van der Waals surface area contributed by atoms with Crippen molar-refractivity contribution in [1.29, 1.82) is 0 Å². The Kier molecular flexibility index (Phi) is 7.98. The van der Waals surface area contributed by atoms with Crippen LogP contribution in [0.2, 0.25) is 0 Å². The zero-order valence-electron chi connectivity index (χ0n) is 17.3. The molecule has 4 nitrogen and oxygen atoms in total. The van der Waals surface area contributed by atoms with Crippen LogP contribution in [0.25, 0.3) is 0 Å². The highest BCUT2D eigenvalue weighted by Crippen LogP contribution is 2.55. The molecule has 0 aliphatic carbocycles. The van der Waals surface area contributed by atoms with Crippen molar-refractivity contribution in [3.8, 4) is 0 Å². The summed E-state index contributed by atoms with van der Waals surface area (Å²) in [7, 11) is -6.91. The number of benzene rings is 1. The molecule has 0 bridgehead atoms. The second-order valence-corrected chi connectivity index (χ2v) is 9.05. The molecule has 0 N–H and O–H groups in total. The molecule has 1 aromatic rings. The number of rotatable bonds is 8. The Bertz CT molecular complexity index is 904. The highest BCUT2D eigenvalue weighted by atomic mass is 32.2. The predicted octanol–water partition coefficient (Wildman–Crippen LogP) is 5.50. The number of sulfonamides is 1. The van der Waals surface area contributed by atoms with Gasteiger partial charge in [-0.05, 0) is 33.3 Å².